The van der Waals surface area contributed by atoms with Gasteiger partial charge in [0.05, 0.1) is 6.61 Å². The second-order valence-corrected chi connectivity index (χ2v) is 5.79. The van der Waals surface area contributed by atoms with Gasteiger partial charge in [-0.15, -0.1) is 0 Å². The van der Waals surface area contributed by atoms with Gasteiger partial charge in [-0.1, -0.05) is 38.8 Å². The van der Waals surface area contributed by atoms with Gasteiger partial charge in [0.1, 0.15) is 0 Å². The molecule has 17 heavy (non-hydrogen) atoms. The van der Waals surface area contributed by atoms with E-state index < -0.39 is 0 Å². The fourth-order valence-electron chi connectivity index (χ4n) is 2.72. The van der Waals surface area contributed by atoms with Gasteiger partial charge in [0.25, 0.3) is 0 Å². The van der Waals surface area contributed by atoms with Crippen LogP contribution in [0.1, 0.15) is 45.1 Å². The zero-order valence-electron chi connectivity index (χ0n) is 10.9. The molecular weight excluding hydrogens is 210 g/mol. The van der Waals surface area contributed by atoms with Crippen LogP contribution in [-0.2, 0) is 6.61 Å². The quantitative estimate of drug-likeness (QED) is 0.836. The van der Waals surface area contributed by atoms with Gasteiger partial charge < -0.3 is 10.4 Å². The molecular formula is C15H23NO. The average molecular weight is 233 g/mol. The fraction of sp³-hybridized carbons (Fsp3) is 0.600. The lowest BCUT2D eigenvalue weighted by Gasteiger charge is -2.39. The van der Waals surface area contributed by atoms with Crippen molar-refractivity contribution in [2.45, 2.75) is 52.2 Å². The van der Waals surface area contributed by atoms with E-state index in [1.54, 1.807) is 0 Å². The van der Waals surface area contributed by atoms with Gasteiger partial charge >= 0.3 is 0 Å². The van der Waals surface area contributed by atoms with Gasteiger partial charge in [0.2, 0.25) is 0 Å². The summed E-state index contributed by atoms with van der Waals surface area (Å²) in [7, 11) is 0. The molecule has 0 heterocycles. The normalized spacial score (nSPS) is 23.4. The number of benzene rings is 1. The first-order valence-corrected chi connectivity index (χ1v) is 6.58. The summed E-state index contributed by atoms with van der Waals surface area (Å²) in [6, 6.07) is 8.64. The second kappa shape index (κ2) is 5.09. The van der Waals surface area contributed by atoms with E-state index in [1.165, 1.54) is 25.7 Å². The van der Waals surface area contributed by atoms with Crippen molar-refractivity contribution in [3.8, 4) is 0 Å². The van der Waals surface area contributed by atoms with Crippen molar-refractivity contribution in [1.29, 1.82) is 0 Å². The number of aliphatic hydroxyl groups is 1. The Morgan fingerprint density at radius 2 is 2.18 bits per heavy atom. The maximum absolute atomic E-state index is 9.14. The van der Waals surface area contributed by atoms with E-state index in [4.69, 9.17) is 5.11 Å². The summed E-state index contributed by atoms with van der Waals surface area (Å²) in [6.45, 7) is 4.81. The summed E-state index contributed by atoms with van der Waals surface area (Å²) in [5, 5.41) is 12.8. The smallest absolute Gasteiger partial charge is 0.0682 e. The lowest BCUT2D eigenvalue weighted by atomic mass is 9.73. The summed E-state index contributed by atoms with van der Waals surface area (Å²) < 4.78 is 0. The third kappa shape index (κ3) is 3.01. The Bertz CT molecular complexity index is 373. The predicted molar refractivity (Wildman–Crippen MR) is 72.0 cm³/mol. The van der Waals surface area contributed by atoms with Gasteiger partial charge in [0, 0.05) is 11.7 Å². The number of anilines is 1. The topological polar surface area (TPSA) is 32.3 Å². The Morgan fingerprint density at radius 3 is 2.88 bits per heavy atom. The molecule has 1 aromatic carbocycles. The maximum atomic E-state index is 9.14. The summed E-state index contributed by atoms with van der Waals surface area (Å²) in [5.41, 5.74) is 2.48. The fourth-order valence-corrected chi connectivity index (χ4v) is 2.72. The standard InChI is InChI=1S/C15H23NO/c1-15(2)9-4-3-8-14(15)16-13-7-5-6-12(10-13)11-17/h5-7,10,14,16-17H,3-4,8-9,11H2,1-2H3. The van der Waals surface area contributed by atoms with Crippen molar-refractivity contribution in [2.75, 3.05) is 5.32 Å². The molecule has 1 fully saturated rings. The summed E-state index contributed by atoms with van der Waals surface area (Å²) in [5.74, 6) is 0. The number of aliphatic hydroxyl groups excluding tert-OH is 1. The summed E-state index contributed by atoms with van der Waals surface area (Å²) >= 11 is 0. The van der Waals surface area contributed by atoms with Gasteiger partial charge in [-0.25, -0.2) is 0 Å². The molecule has 1 aliphatic carbocycles. The highest BCUT2D eigenvalue weighted by Crippen LogP contribution is 2.37. The number of hydrogen-bond donors (Lipinski definition) is 2. The Morgan fingerprint density at radius 1 is 1.35 bits per heavy atom. The molecule has 0 amide bonds. The van der Waals surface area contributed by atoms with E-state index in [0.717, 1.165) is 11.3 Å². The molecule has 2 rings (SSSR count). The van der Waals surface area contributed by atoms with Gasteiger partial charge in [-0.3, -0.25) is 0 Å². The van der Waals surface area contributed by atoms with E-state index in [0.29, 0.717) is 11.5 Å². The van der Waals surface area contributed by atoms with Crippen LogP contribution in [0.15, 0.2) is 24.3 Å². The van der Waals surface area contributed by atoms with Crippen molar-refractivity contribution < 1.29 is 5.11 Å². The Kier molecular flexibility index (Phi) is 3.72. The Labute approximate surface area is 104 Å². The lowest BCUT2D eigenvalue weighted by Crippen LogP contribution is -2.38. The van der Waals surface area contributed by atoms with Gasteiger partial charge in [0.15, 0.2) is 0 Å². The van der Waals surface area contributed by atoms with Crippen molar-refractivity contribution in [1.82, 2.24) is 0 Å². The molecule has 1 saturated carbocycles. The first-order chi connectivity index (χ1) is 8.12. The van der Waals surface area contributed by atoms with Crippen LogP contribution in [0.25, 0.3) is 0 Å². The minimum Gasteiger partial charge on any atom is -0.392 e. The Balaban J connectivity index is 2.08. The van der Waals surface area contributed by atoms with Crippen molar-refractivity contribution in [2.24, 2.45) is 5.41 Å². The maximum Gasteiger partial charge on any atom is 0.0682 e. The second-order valence-electron chi connectivity index (χ2n) is 5.79. The highest BCUT2D eigenvalue weighted by molar-refractivity contribution is 5.46. The monoisotopic (exact) mass is 233 g/mol. The molecule has 0 radical (unpaired) electrons. The molecule has 2 nitrogen and oxygen atoms in total. The minimum absolute atomic E-state index is 0.115. The third-order valence-electron chi connectivity index (χ3n) is 3.96. The van der Waals surface area contributed by atoms with Crippen LogP contribution in [0, 0.1) is 5.41 Å². The SMILES string of the molecule is CC1(C)CCCCC1Nc1cccc(CO)c1. The average Bonchev–Trinajstić information content (AvgIpc) is 2.32. The van der Waals surface area contributed by atoms with Crippen LogP contribution >= 0.6 is 0 Å². The van der Waals surface area contributed by atoms with Crippen LogP contribution in [0.4, 0.5) is 5.69 Å². The molecule has 94 valence electrons. The summed E-state index contributed by atoms with van der Waals surface area (Å²) in [6.07, 6.45) is 5.21. The van der Waals surface area contributed by atoms with Crippen molar-refractivity contribution >= 4 is 5.69 Å². The molecule has 0 saturated heterocycles. The van der Waals surface area contributed by atoms with E-state index in [9.17, 15) is 0 Å². The molecule has 0 bridgehead atoms. The predicted octanol–water partition coefficient (Wildman–Crippen LogP) is 3.56. The molecule has 1 unspecified atom stereocenters. The first kappa shape index (κ1) is 12.4. The number of nitrogens with one attached hydrogen (secondary N) is 1. The van der Waals surface area contributed by atoms with Crippen LogP contribution < -0.4 is 5.32 Å². The van der Waals surface area contributed by atoms with E-state index in [1.807, 2.05) is 18.2 Å². The van der Waals surface area contributed by atoms with Crippen molar-refractivity contribution in [3.05, 3.63) is 29.8 Å². The molecule has 2 heteroatoms. The van der Waals surface area contributed by atoms with Gasteiger partial charge in [-0.05, 0) is 36.0 Å². The zero-order chi connectivity index (χ0) is 12.3. The van der Waals surface area contributed by atoms with Crippen LogP contribution in [0.2, 0.25) is 0 Å². The number of hydrogen-bond acceptors (Lipinski definition) is 2. The molecule has 0 aliphatic heterocycles. The highest BCUT2D eigenvalue weighted by atomic mass is 16.3. The largest absolute Gasteiger partial charge is 0.392 e. The van der Waals surface area contributed by atoms with E-state index in [2.05, 4.69) is 25.2 Å². The van der Waals surface area contributed by atoms with Crippen LogP contribution in [0.5, 0.6) is 0 Å². The molecule has 1 aliphatic rings. The molecule has 2 N–H and O–H groups in total. The van der Waals surface area contributed by atoms with Crippen molar-refractivity contribution in [3.63, 3.8) is 0 Å². The third-order valence-corrected chi connectivity index (χ3v) is 3.96. The molecule has 0 aromatic heterocycles. The molecule has 1 aromatic rings. The lowest BCUT2D eigenvalue weighted by molar-refractivity contribution is 0.217. The van der Waals surface area contributed by atoms with Crippen LogP contribution in [-0.4, -0.2) is 11.1 Å². The minimum atomic E-state index is 0.115. The zero-order valence-corrected chi connectivity index (χ0v) is 10.9. The molecule has 1 atom stereocenters. The first-order valence-electron chi connectivity index (χ1n) is 6.58. The Hall–Kier alpha value is -1.02. The highest BCUT2D eigenvalue weighted by Gasteiger charge is 2.31. The van der Waals surface area contributed by atoms with Gasteiger partial charge in [-0.2, -0.15) is 0 Å². The number of rotatable bonds is 3. The summed E-state index contributed by atoms with van der Waals surface area (Å²) in [4.78, 5) is 0. The van der Waals surface area contributed by atoms with E-state index >= 15 is 0 Å². The van der Waals surface area contributed by atoms with Crippen LogP contribution in [0.3, 0.4) is 0 Å². The van der Waals surface area contributed by atoms with E-state index in [-0.39, 0.29) is 6.61 Å². The molecule has 0 spiro atoms.